The van der Waals surface area contributed by atoms with Crippen molar-refractivity contribution in [2.45, 2.75) is 26.7 Å². The highest BCUT2D eigenvalue weighted by atomic mass is 14.0. The van der Waals surface area contributed by atoms with E-state index in [-0.39, 0.29) is 0 Å². The third-order valence-electron chi connectivity index (χ3n) is 1.97. The van der Waals surface area contributed by atoms with Gasteiger partial charge in [0.05, 0.1) is 0 Å². The molecule has 1 aromatic rings. The molecule has 0 fully saturated rings. The Bertz CT molecular complexity index is 244. The molecular formula is C12H16. The van der Waals surface area contributed by atoms with Crippen molar-refractivity contribution in [3.05, 3.63) is 42.0 Å². The van der Waals surface area contributed by atoms with Crippen LogP contribution in [0.5, 0.6) is 0 Å². The second-order valence-electron chi connectivity index (χ2n) is 3.04. The summed E-state index contributed by atoms with van der Waals surface area (Å²) in [4.78, 5) is 0. The van der Waals surface area contributed by atoms with E-state index in [1.54, 1.807) is 0 Å². The lowest BCUT2D eigenvalue weighted by Gasteiger charge is -1.99. The standard InChI is InChI=1S/C12H16/c1-3-4-8-11(2)12-9-6-5-7-10-12/h5-10H,3-4H2,1-2H3/b11-8+. The Balaban J connectivity index is 2.71. The van der Waals surface area contributed by atoms with Gasteiger partial charge in [-0.15, -0.1) is 0 Å². The third kappa shape index (κ3) is 2.54. The van der Waals surface area contributed by atoms with Crippen LogP contribution >= 0.6 is 0 Å². The summed E-state index contributed by atoms with van der Waals surface area (Å²) in [5.41, 5.74) is 2.73. The Hall–Kier alpha value is -1.04. The van der Waals surface area contributed by atoms with Crippen molar-refractivity contribution in [2.75, 3.05) is 0 Å². The zero-order chi connectivity index (χ0) is 8.81. The molecule has 0 spiro atoms. The first-order valence-corrected chi connectivity index (χ1v) is 4.56. The minimum Gasteiger partial charge on any atom is -0.0810 e. The summed E-state index contributed by atoms with van der Waals surface area (Å²) < 4.78 is 0. The second-order valence-corrected chi connectivity index (χ2v) is 3.04. The lowest BCUT2D eigenvalue weighted by molar-refractivity contribution is 0.959. The Morgan fingerprint density at radius 2 is 1.92 bits per heavy atom. The van der Waals surface area contributed by atoms with Gasteiger partial charge in [-0.3, -0.25) is 0 Å². The van der Waals surface area contributed by atoms with Crippen LogP contribution in [0.1, 0.15) is 32.3 Å². The smallest absolute Gasteiger partial charge is 0.0231 e. The number of rotatable bonds is 3. The molecule has 0 atom stereocenters. The molecule has 64 valence electrons. The fraction of sp³-hybridized carbons (Fsp3) is 0.333. The molecule has 0 radical (unpaired) electrons. The van der Waals surface area contributed by atoms with Crippen molar-refractivity contribution in [1.82, 2.24) is 0 Å². The third-order valence-corrected chi connectivity index (χ3v) is 1.97. The molecule has 0 aliphatic rings. The van der Waals surface area contributed by atoms with Crippen LogP contribution < -0.4 is 0 Å². The molecule has 0 amide bonds. The Morgan fingerprint density at radius 3 is 2.50 bits per heavy atom. The largest absolute Gasteiger partial charge is 0.0810 e. The van der Waals surface area contributed by atoms with Crippen molar-refractivity contribution < 1.29 is 0 Å². The van der Waals surface area contributed by atoms with Gasteiger partial charge >= 0.3 is 0 Å². The SMILES string of the molecule is CCC/C=C(\C)c1ccccc1. The van der Waals surface area contributed by atoms with Crippen LogP contribution in [0.2, 0.25) is 0 Å². The normalized spacial score (nSPS) is 11.7. The fourth-order valence-corrected chi connectivity index (χ4v) is 1.18. The predicted molar refractivity (Wildman–Crippen MR) is 55.0 cm³/mol. The molecule has 0 nitrogen and oxygen atoms in total. The van der Waals surface area contributed by atoms with E-state index < -0.39 is 0 Å². The Morgan fingerprint density at radius 1 is 1.25 bits per heavy atom. The molecule has 0 saturated carbocycles. The van der Waals surface area contributed by atoms with Crippen LogP contribution in [0.3, 0.4) is 0 Å². The molecule has 0 aliphatic heterocycles. The van der Waals surface area contributed by atoms with Crippen molar-refractivity contribution in [3.63, 3.8) is 0 Å². The van der Waals surface area contributed by atoms with Gasteiger partial charge in [0.25, 0.3) is 0 Å². The van der Waals surface area contributed by atoms with Gasteiger partial charge < -0.3 is 0 Å². The van der Waals surface area contributed by atoms with Crippen molar-refractivity contribution in [1.29, 1.82) is 0 Å². The number of hydrogen-bond acceptors (Lipinski definition) is 0. The predicted octanol–water partition coefficient (Wildman–Crippen LogP) is 3.89. The molecule has 0 saturated heterocycles. The van der Waals surface area contributed by atoms with Crippen LogP contribution in [-0.2, 0) is 0 Å². The highest BCUT2D eigenvalue weighted by Crippen LogP contribution is 2.13. The van der Waals surface area contributed by atoms with Gasteiger partial charge in [-0.1, -0.05) is 49.8 Å². The molecule has 0 aromatic heterocycles. The van der Waals surface area contributed by atoms with Gasteiger partial charge in [0.1, 0.15) is 0 Å². The van der Waals surface area contributed by atoms with Crippen LogP contribution in [0, 0.1) is 0 Å². The fourth-order valence-electron chi connectivity index (χ4n) is 1.18. The zero-order valence-electron chi connectivity index (χ0n) is 7.88. The lowest BCUT2D eigenvalue weighted by atomic mass is 10.1. The van der Waals surface area contributed by atoms with E-state index in [1.807, 2.05) is 0 Å². The average molecular weight is 160 g/mol. The average Bonchev–Trinajstić information content (AvgIpc) is 2.15. The zero-order valence-corrected chi connectivity index (χ0v) is 7.88. The van der Waals surface area contributed by atoms with Crippen LogP contribution in [0.25, 0.3) is 5.57 Å². The van der Waals surface area contributed by atoms with E-state index in [4.69, 9.17) is 0 Å². The molecule has 0 aliphatic carbocycles. The number of allylic oxidation sites excluding steroid dienone is 2. The Labute approximate surface area is 74.9 Å². The van der Waals surface area contributed by atoms with E-state index in [9.17, 15) is 0 Å². The molecule has 0 heteroatoms. The molecule has 1 rings (SSSR count). The van der Waals surface area contributed by atoms with Gasteiger partial charge in [0.15, 0.2) is 0 Å². The summed E-state index contributed by atoms with van der Waals surface area (Å²) in [6, 6.07) is 10.5. The van der Waals surface area contributed by atoms with Crippen molar-refractivity contribution >= 4 is 5.57 Å². The van der Waals surface area contributed by atoms with Crippen molar-refractivity contribution in [3.8, 4) is 0 Å². The number of hydrogen-bond donors (Lipinski definition) is 0. The van der Waals surface area contributed by atoms with E-state index >= 15 is 0 Å². The summed E-state index contributed by atoms with van der Waals surface area (Å²) in [6.45, 7) is 4.37. The first-order valence-electron chi connectivity index (χ1n) is 4.56. The minimum atomic E-state index is 1.18. The summed E-state index contributed by atoms with van der Waals surface area (Å²) >= 11 is 0. The van der Waals surface area contributed by atoms with E-state index in [1.165, 1.54) is 24.0 Å². The quantitative estimate of drug-likeness (QED) is 0.629. The maximum absolute atomic E-state index is 2.30. The Kier molecular flexibility index (Phi) is 3.59. The first kappa shape index (κ1) is 9.05. The van der Waals surface area contributed by atoms with Crippen LogP contribution in [-0.4, -0.2) is 0 Å². The molecule has 1 aromatic carbocycles. The topological polar surface area (TPSA) is 0 Å². The van der Waals surface area contributed by atoms with Gasteiger partial charge in [-0.05, 0) is 24.5 Å². The van der Waals surface area contributed by atoms with Crippen molar-refractivity contribution in [2.24, 2.45) is 0 Å². The highest BCUT2D eigenvalue weighted by Gasteiger charge is 1.91. The summed E-state index contributed by atoms with van der Waals surface area (Å²) in [6.07, 6.45) is 4.71. The van der Waals surface area contributed by atoms with E-state index in [0.717, 1.165) is 0 Å². The molecule has 0 heterocycles. The first-order chi connectivity index (χ1) is 5.84. The molecule has 0 bridgehead atoms. The maximum Gasteiger partial charge on any atom is -0.0231 e. The maximum atomic E-state index is 2.30. The molecule has 12 heavy (non-hydrogen) atoms. The number of benzene rings is 1. The van der Waals surface area contributed by atoms with Crippen LogP contribution in [0.15, 0.2) is 36.4 Å². The van der Waals surface area contributed by atoms with Gasteiger partial charge in [-0.2, -0.15) is 0 Å². The number of unbranched alkanes of at least 4 members (excludes halogenated alkanes) is 1. The molecule has 0 unspecified atom stereocenters. The van der Waals surface area contributed by atoms with Gasteiger partial charge in [0.2, 0.25) is 0 Å². The second kappa shape index (κ2) is 4.76. The van der Waals surface area contributed by atoms with Crippen LogP contribution in [0.4, 0.5) is 0 Å². The van der Waals surface area contributed by atoms with Gasteiger partial charge in [-0.25, -0.2) is 0 Å². The minimum absolute atomic E-state index is 1.18. The lowest BCUT2D eigenvalue weighted by Crippen LogP contribution is -1.77. The highest BCUT2D eigenvalue weighted by molar-refractivity contribution is 5.63. The molecule has 0 N–H and O–H groups in total. The van der Waals surface area contributed by atoms with Gasteiger partial charge in [0, 0.05) is 0 Å². The monoisotopic (exact) mass is 160 g/mol. The summed E-state index contributed by atoms with van der Waals surface area (Å²) in [5, 5.41) is 0. The van der Waals surface area contributed by atoms with E-state index in [2.05, 4.69) is 50.3 Å². The summed E-state index contributed by atoms with van der Waals surface area (Å²) in [7, 11) is 0. The summed E-state index contributed by atoms with van der Waals surface area (Å²) in [5.74, 6) is 0. The van der Waals surface area contributed by atoms with E-state index in [0.29, 0.717) is 0 Å². The molecular weight excluding hydrogens is 144 g/mol.